The Bertz CT molecular complexity index is 448. The summed E-state index contributed by atoms with van der Waals surface area (Å²) >= 11 is 0. The molecule has 1 unspecified atom stereocenters. The zero-order valence-electron chi connectivity index (χ0n) is 10.7. The first-order valence-corrected chi connectivity index (χ1v) is 5.92. The van der Waals surface area contributed by atoms with Crippen molar-refractivity contribution in [3.8, 4) is 0 Å². The van der Waals surface area contributed by atoms with Crippen molar-refractivity contribution < 1.29 is 19.8 Å². The van der Waals surface area contributed by atoms with Crippen molar-refractivity contribution in [1.82, 2.24) is 10.6 Å². The van der Waals surface area contributed by atoms with Crippen LogP contribution in [0.5, 0.6) is 0 Å². The van der Waals surface area contributed by atoms with E-state index in [9.17, 15) is 9.59 Å². The first kappa shape index (κ1) is 15.1. The number of hydrogen-bond acceptors (Lipinski definition) is 4. The Morgan fingerprint density at radius 2 is 2.00 bits per heavy atom. The molecule has 104 valence electrons. The molecule has 0 heterocycles. The van der Waals surface area contributed by atoms with Crippen LogP contribution in [0.4, 0.5) is 0 Å². The fourth-order valence-electron chi connectivity index (χ4n) is 1.64. The molecule has 1 aromatic carbocycles. The minimum atomic E-state index is -1.08. The van der Waals surface area contributed by atoms with Crippen LogP contribution in [0.2, 0.25) is 0 Å². The largest absolute Gasteiger partial charge is 0.480 e. The summed E-state index contributed by atoms with van der Waals surface area (Å²) in [5.74, 6) is -1.46. The number of hydrogen-bond donors (Lipinski definition) is 4. The number of aliphatic carboxylic acids is 1. The van der Waals surface area contributed by atoms with Crippen LogP contribution in [0, 0.1) is 0 Å². The average Bonchev–Trinajstić information content (AvgIpc) is 2.37. The first-order chi connectivity index (χ1) is 9.02. The third-order valence-electron chi connectivity index (χ3n) is 2.53. The number of rotatable bonds is 7. The number of carboxylic acid groups (broad SMARTS) is 1. The number of benzene rings is 1. The molecule has 4 N–H and O–H groups in total. The van der Waals surface area contributed by atoms with Gasteiger partial charge in [0, 0.05) is 20.0 Å². The van der Waals surface area contributed by atoms with E-state index in [0.29, 0.717) is 6.54 Å². The van der Waals surface area contributed by atoms with Gasteiger partial charge in [-0.15, -0.1) is 0 Å². The van der Waals surface area contributed by atoms with Crippen LogP contribution < -0.4 is 10.6 Å². The van der Waals surface area contributed by atoms with E-state index >= 15 is 0 Å². The molecule has 1 aromatic rings. The lowest BCUT2D eigenvalue weighted by molar-refractivity contribution is -0.141. The van der Waals surface area contributed by atoms with Crippen LogP contribution in [0.25, 0.3) is 0 Å². The maximum atomic E-state index is 10.9. The second-order valence-electron chi connectivity index (χ2n) is 4.20. The fourth-order valence-corrected chi connectivity index (χ4v) is 1.64. The van der Waals surface area contributed by atoms with Gasteiger partial charge in [-0.05, 0) is 11.1 Å². The molecule has 0 bridgehead atoms. The normalized spacial score (nSPS) is 11.9. The number of aliphatic hydroxyl groups is 1. The van der Waals surface area contributed by atoms with E-state index < -0.39 is 12.0 Å². The molecule has 0 saturated heterocycles. The first-order valence-electron chi connectivity index (χ1n) is 5.92. The highest BCUT2D eigenvalue weighted by atomic mass is 16.4. The summed E-state index contributed by atoms with van der Waals surface area (Å²) in [5.41, 5.74) is 1.74. The zero-order valence-corrected chi connectivity index (χ0v) is 10.7. The molecular weight excluding hydrogens is 248 g/mol. The molecule has 0 aliphatic carbocycles. The standard InChI is InChI=1S/C13H18N2O4/c1-9(17)15-12(13(18)19)7-14-6-10-3-2-4-11(5-10)8-16/h2-5,12,14,16H,6-8H2,1H3,(H,15,17)(H,18,19). The lowest BCUT2D eigenvalue weighted by atomic mass is 10.1. The van der Waals surface area contributed by atoms with Crippen molar-refractivity contribution in [3.63, 3.8) is 0 Å². The molecular formula is C13H18N2O4. The molecule has 0 aromatic heterocycles. The van der Waals surface area contributed by atoms with Gasteiger partial charge in [0.25, 0.3) is 0 Å². The second kappa shape index (κ2) is 7.50. The third kappa shape index (κ3) is 5.50. The lowest BCUT2D eigenvalue weighted by Gasteiger charge is -2.14. The van der Waals surface area contributed by atoms with E-state index in [1.54, 1.807) is 6.07 Å². The summed E-state index contributed by atoms with van der Waals surface area (Å²) < 4.78 is 0. The molecule has 0 fully saturated rings. The van der Waals surface area contributed by atoms with Crippen molar-refractivity contribution in [1.29, 1.82) is 0 Å². The summed E-state index contributed by atoms with van der Waals surface area (Å²) in [6, 6.07) is 6.39. The van der Waals surface area contributed by atoms with E-state index in [1.165, 1.54) is 6.92 Å². The van der Waals surface area contributed by atoms with Crippen molar-refractivity contribution in [2.75, 3.05) is 6.54 Å². The molecule has 6 nitrogen and oxygen atoms in total. The van der Waals surface area contributed by atoms with E-state index in [-0.39, 0.29) is 19.1 Å². The predicted molar refractivity (Wildman–Crippen MR) is 69.3 cm³/mol. The highest BCUT2D eigenvalue weighted by molar-refractivity contribution is 5.82. The number of carbonyl (C=O) groups excluding carboxylic acids is 1. The Hall–Kier alpha value is -1.92. The van der Waals surface area contributed by atoms with Gasteiger partial charge in [0.05, 0.1) is 6.61 Å². The lowest BCUT2D eigenvalue weighted by Crippen LogP contribution is -2.46. The number of nitrogens with one attached hydrogen (secondary N) is 2. The van der Waals surface area contributed by atoms with E-state index in [4.69, 9.17) is 10.2 Å². The van der Waals surface area contributed by atoms with Gasteiger partial charge in [-0.1, -0.05) is 24.3 Å². The van der Waals surface area contributed by atoms with Gasteiger partial charge >= 0.3 is 5.97 Å². The highest BCUT2D eigenvalue weighted by Crippen LogP contribution is 2.04. The van der Waals surface area contributed by atoms with Crippen LogP contribution >= 0.6 is 0 Å². The van der Waals surface area contributed by atoms with Crippen LogP contribution in [0.1, 0.15) is 18.1 Å². The van der Waals surface area contributed by atoms with Gasteiger partial charge in [-0.3, -0.25) is 4.79 Å². The number of aliphatic hydroxyl groups excluding tert-OH is 1. The maximum Gasteiger partial charge on any atom is 0.327 e. The van der Waals surface area contributed by atoms with Gasteiger partial charge in [0.15, 0.2) is 0 Å². The van der Waals surface area contributed by atoms with Crippen LogP contribution in [-0.2, 0) is 22.7 Å². The Kier molecular flexibility index (Phi) is 5.98. The molecule has 0 spiro atoms. The summed E-state index contributed by atoms with van der Waals surface area (Å²) in [7, 11) is 0. The SMILES string of the molecule is CC(=O)NC(CNCc1cccc(CO)c1)C(=O)O. The molecule has 19 heavy (non-hydrogen) atoms. The predicted octanol–water partition coefficient (Wildman–Crippen LogP) is -0.142. The minimum absolute atomic E-state index is 0.0303. The van der Waals surface area contributed by atoms with Gasteiger partial charge < -0.3 is 20.8 Å². The van der Waals surface area contributed by atoms with Crippen molar-refractivity contribution in [2.24, 2.45) is 0 Å². The zero-order chi connectivity index (χ0) is 14.3. The van der Waals surface area contributed by atoms with E-state index in [2.05, 4.69) is 10.6 Å². The molecule has 0 aliphatic rings. The highest BCUT2D eigenvalue weighted by Gasteiger charge is 2.17. The monoisotopic (exact) mass is 266 g/mol. The Morgan fingerprint density at radius 1 is 1.32 bits per heavy atom. The minimum Gasteiger partial charge on any atom is -0.480 e. The fraction of sp³-hybridized carbons (Fsp3) is 0.385. The Balaban J connectivity index is 2.47. The van der Waals surface area contributed by atoms with Gasteiger partial charge in [-0.25, -0.2) is 4.79 Å². The molecule has 1 atom stereocenters. The topological polar surface area (TPSA) is 98.7 Å². The quantitative estimate of drug-likeness (QED) is 0.550. The van der Waals surface area contributed by atoms with Crippen molar-refractivity contribution >= 4 is 11.9 Å². The molecule has 1 amide bonds. The Morgan fingerprint density at radius 3 is 2.58 bits per heavy atom. The maximum absolute atomic E-state index is 10.9. The molecule has 0 saturated carbocycles. The van der Waals surface area contributed by atoms with Crippen molar-refractivity contribution in [3.05, 3.63) is 35.4 Å². The van der Waals surface area contributed by atoms with E-state index in [1.807, 2.05) is 18.2 Å². The van der Waals surface area contributed by atoms with Crippen LogP contribution in [0.3, 0.4) is 0 Å². The number of carbonyl (C=O) groups is 2. The summed E-state index contributed by atoms with van der Waals surface area (Å²) in [6.45, 7) is 1.85. The summed E-state index contributed by atoms with van der Waals surface area (Å²) in [4.78, 5) is 21.7. The molecule has 1 rings (SSSR count). The molecule has 6 heteroatoms. The summed E-state index contributed by atoms with van der Waals surface area (Å²) in [6.07, 6.45) is 0. The average molecular weight is 266 g/mol. The third-order valence-corrected chi connectivity index (χ3v) is 2.53. The second-order valence-corrected chi connectivity index (χ2v) is 4.20. The number of carboxylic acids is 1. The van der Waals surface area contributed by atoms with Gasteiger partial charge in [0.2, 0.25) is 5.91 Å². The smallest absolute Gasteiger partial charge is 0.327 e. The van der Waals surface area contributed by atoms with Crippen LogP contribution in [-0.4, -0.2) is 34.7 Å². The summed E-state index contributed by atoms with van der Waals surface area (Å²) in [5, 5.41) is 23.2. The van der Waals surface area contributed by atoms with Crippen molar-refractivity contribution in [2.45, 2.75) is 26.1 Å². The molecule has 0 radical (unpaired) electrons. The number of amides is 1. The molecule has 0 aliphatic heterocycles. The van der Waals surface area contributed by atoms with Crippen LogP contribution in [0.15, 0.2) is 24.3 Å². The van der Waals surface area contributed by atoms with Gasteiger partial charge in [-0.2, -0.15) is 0 Å². The van der Waals surface area contributed by atoms with E-state index in [0.717, 1.165) is 11.1 Å². The van der Waals surface area contributed by atoms with Gasteiger partial charge in [0.1, 0.15) is 6.04 Å². The Labute approximate surface area is 111 Å².